The number of thioether (sulfide) groups is 1. The van der Waals surface area contributed by atoms with E-state index in [0.717, 1.165) is 11.0 Å². The van der Waals surface area contributed by atoms with Crippen LogP contribution in [0.1, 0.15) is 33.4 Å². The first-order valence-corrected chi connectivity index (χ1v) is 12.0. The van der Waals surface area contributed by atoms with Gasteiger partial charge in [-0.15, -0.1) is 0 Å². The molecule has 0 aliphatic carbocycles. The summed E-state index contributed by atoms with van der Waals surface area (Å²) in [4.78, 5) is 61.2. The first kappa shape index (κ1) is 26.2. The van der Waals surface area contributed by atoms with Crippen LogP contribution in [0.5, 0.6) is 5.75 Å². The molecular formula is C26H20N2O9S. The second-order valence-corrected chi connectivity index (χ2v) is 8.88. The van der Waals surface area contributed by atoms with Crippen LogP contribution in [0.25, 0.3) is 17.4 Å². The van der Waals surface area contributed by atoms with Crippen molar-refractivity contribution in [3.8, 4) is 17.1 Å². The third kappa shape index (κ3) is 5.93. The molecule has 3 amide bonds. The molecule has 0 atom stereocenters. The highest BCUT2D eigenvalue weighted by molar-refractivity contribution is 8.18. The number of imide groups is 1. The summed E-state index contributed by atoms with van der Waals surface area (Å²) in [6, 6.07) is 13.1. The van der Waals surface area contributed by atoms with E-state index < -0.39 is 35.5 Å². The first-order valence-electron chi connectivity index (χ1n) is 11.1. The fourth-order valence-electron chi connectivity index (χ4n) is 3.51. The van der Waals surface area contributed by atoms with E-state index in [1.165, 1.54) is 30.3 Å². The van der Waals surface area contributed by atoms with Gasteiger partial charge in [-0.1, -0.05) is 0 Å². The summed E-state index contributed by atoms with van der Waals surface area (Å²) in [5.74, 6) is -2.88. The molecular weight excluding hydrogens is 516 g/mol. The number of carboxylic acid groups (broad SMARTS) is 2. The van der Waals surface area contributed by atoms with Crippen molar-refractivity contribution in [1.29, 1.82) is 0 Å². The predicted octanol–water partition coefficient (Wildman–Crippen LogP) is 4.42. The van der Waals surface area contributed by atoms with Crippen molar-refractivity contribution in [3.05, 3.63) is 76.4 Å². The molecule has 0 spiro atoms. The van der Waals surface area contributed by atoms with E-state index in [9.17, 15) is 34.2 Å². The van der Waals surface area contributed by atoms with E-state index in [4.69, 9.17) is 9.15 Å². The Bertz CT molecular complexity index is 1440. The molecule has 1 fully saturated rings. The van der Waals surface area contributed by atoms with Crippen molar-refractivity contribution < 1.29 is 43.3 Å². The summed E-state index contributed by atoms with van der Waals surface area (Å²) < 4.78 is 11.0. The van der Waals surface area contributed by atoms with Crippen LogP contribution in [0, 0.1) is 0 Å². The molecule has 3 N–H and O–H groups in total. The Morgan fingerprint density at radius 1 is 1.00 bits per heavy atom. The van der Waals surface area contributed by atoms with Crippen LogP contribution in [0.4, 0.5) is 10.5 Å². The molecule has 1 aliphatic heterocycles. The smallest absolute Gasteiger partial charge is 0.335 e. The van der Waals surface area contributed by atoms with E-state index >= 15 is 0 Å². The lowest BCUT2D eigenvalue weighted by molar-refractivity contribution is -0.127. The van der Waals surface area contributed by atoms with Gasteiger partial charge in [0.05, 0.1) is 22.6 Å². The molecule has 1 aliphatic rings. The van der Waals surface area contributed by atoms with Gasteiger partial charge in [-0.3, -0.25) is 19.3 Å². The van der Waals surface area contributed by atoms with E-state index in [1.807, 2.05) is 6.92 Å². The van der Waals surface area contributed by atoms with Crippen LogP contribution < -0.4 is 10.1 Å². The molecule has 4 rings (SSSR count). The SMILES string of the molecule is CCOc1ccc(NC(=O)CN2C(=O)S/C(=C/c3ccc(-c4cc(C(=O)O)cc(C(=O)O)c4)o3)C2=O)cc1. The van der Waals surface area contributed by atoms with Gasteiger partial charge in [0.1, 0.15) is 23.8 Å². The third-order valence-electron chi connectivity index (χ3n) is 5.24. The Kier molecular flexibility index (Phi) is 7.63. The monoisotopic (exact) mass is 536 g/mol. The number of rotatable bonds is 9. The maximum atomic E-state index is 12.8. The average Bonchev–Trinajstić information content (AvgIpc) is 3.45. The number of carbonyl (C=O) groups is 5. The molecule has 1 aromatic heterocycles. The van der Waals surface area contributed by atoms with Gasteiger partial charge in [0, 0.05) is 17.3 Å². The second kappa shape index (κ2) is 11.0. The molecule has 0 unspecified atom stereocenters. The van der Waals surface area contributed by atoms with Crippen molar-refractivity contribution in [2.75, 3.05) is 18.5 Å². The summed E-state index contributed by atoms with van der Waals surface area (Å²) in [5, 5.41) is 20.5. The number of aromatic carboxylic acids is 2. The number of nitrogens with one attached hydrogen (secondary N) is 1. The van der Waals surface area contributed by atoms with E-state index in [1.54, 1.807) is 24.3 Å². The molecule has 1 saturated heterocycles. The molecule has 0 bridgehead atoms. The number of nitrogens with zero attached hydrogens (tertiary/aromatic N) is 1. The fraction of sp³-hybridized carbons (Fsp3) is 0.115. The highest BCUT2D eigenvalue weighted by atomic mass is 32.2. The van der Waals surface area contributed by atoms with Crippen LogP contribution in [0.15, 0.2) is 63.9 Å². The van der Waals surface area contributed by atoms with Crippen molar-refractivity contribution in [2.24, 2.45) is 0 Å². The summed E-state index contributed by atoms with van der Waals surface area (Å²) in [6.07, 6.45) is 1.32. The maximum Gasteiger partial charge on any atom is 0.335 e. The first-order chi connectivity index (χ1) is 18.1. The van der Waals surface area contributed by atoms with Crippen LogP contribution in [-0.4, -0.2) is 57.3 Å². The van der Waals surface area contributed by atoms with Crippen LogP contribution in [-0.2, 0) is 9.59 Å². The van der Waals surface area contributed by atoms with E-state index in [2.05, 4.69) is 5.32 Å². The van der Waals surface area contributed by atoms with Gasteiger partial charge in [0.25, 0.3) is 11.1 Å². The summed E-state index contributed by atoms with van der Waals surface area (Å²) >= 11 is 0.637. The zero-order valence-electron chi connectivity index (χ0n) is 19.8. The fourth-order valence-corrected chi connectivity index (χ4v) is 4.33. The lowest BCUT2D eigenvalue weighted by Gasteiger charge is -2.12. The van der Waals surface area contributed by atoms with Gasteiger partial charge < -0.3 is 24.7 Å². The average molecular weight is 537 g/mol. The Morgan fingerprint density at radius 2 is 1.66 bits per heavy atom. The summed E-state index contributed by atoms with van der Waals surface area (Å²) in [5.41, 5.74) is 0.216. The van der Waals surface area contributed by atoms with Gasteiger partial charge in [-0.05, 0) is 73.3 Å². The van der Waals surface area contributed by atoms with Crippen molar-refractivity contribution >= 4 is 52.5 Å². The highest BCUT2D eigenvalue weighted by Crippen LogP contribution is 2.33. The molecule has 38 heavy (non-hydrogen) atoms. The minimum atomic E-state index is -1.30. The van der Waals surface area contributed by atoms with Gasteiger partial charge in [-0.25, -0.2) is 9.59 Å². The van der Waals surface area contributed by atoms with Crippen molar-refractivity contribution in [2.45, 2.75) is 6.92 Å². The van der Waals surface area contributed by atoms with Crippen molar-refractivity contribution in [1.82, 2.24) is 4.90 Å². The van der Waals surface area contributed by atoms with Crippen LogP contribution in [0.3, 0.4) is 0 Å². The normalized spacial score (nSPS) is 14.1. The molecule has 0 radical (unpaired) electrons. The number of ether oxygens (including phenoxy) is 1. The number of hydrogen-bond acceptors (Lipinski definition) is 8. The minimum absolute atomic E-state index is 0.0234. The largest absolute Gasteiger partial charge is 0.494 e. The number of anilines is 1. The standard InChI is InChI=1S/C26H20N2O9S/c1-2-36-18-5-3-17(4-6-18)27-22(29)13-28-23(30)21(38-26(28)35)12-19-7-8-20(37-19)14-9-15(24(31)32)11-16(10-14)25(33)34/h3-12H,2,13H2,1H3,(H,27,29)(H,31,32)(H,33,34)/b21-12+. The highest BCUT2D eigenvalue weighted by Gasteiger charge is 2.36. The number of furan rings is 1. The Balaban J connectivity index is 1.46. The van der Waals surface area contributed by atoms with Gasteiger partial charge in [-0.2, -0.15) is 0 Å². The molecule has 2 heterocycles. The second-order valence-electron chi connectivity index (χ2n) is 7.88. The van der Waals surface area contributed by atoms with Crippen LogP contribution >= 0.6 is 11.8 Å². The van der Waals surface area contributed by atoms with Gasteiger partial charge in [0.15, 0.2) is 0 Å². The van der Waals surface area contributed by atoms with Gasteiger partial charge >= 0.3 is 11.9 Å². The lowest BCUT2D eigenvalue weighted by Crippen LogP contribution is -2.36. The topological polar surface area (TPSA) is 163 Å². The zero-order valence-corrected chi connectivity index (χ0v) is 20.6. The number of carbonyl (C=O) groups excluding carboxylic acids is 3. The Labute approximate surface area is 219 Å². The maximum absolute atomic E-state index is 12.8. The van der Waals surface area contributed by atoms with Gasteiger partial charge in [0.2, 0.25) is 5.91 Å². The Morgan fingerprint density at radius 3 is 2.26 bits per heavy atom. The third-order valence-corrected chi connectivity index (χ3v) is 6.14. The van der Waals surface area contributed by atoms with E-state index in [0.29, 0.717) is 29.8 Å². The molecule has 3 aromatic rings. The molecule has 0 saturated carbocycles. The lowest BCUT2D eigenvalue weighted by atomic mass is 10.0. The predicted molar refractivity (Wildman–Crippen MR) is 137 cm³/mol. The number of amides is 3. The molecule has 194 valence electrons. The molecule has 11 nitrogen and oxygen atoms in total. The quantitative estimate of drug-likeness (QED) is 0.334. The Hall–Kier alpha value is -4.84. The summed E-state index contributed by atoms with van der Waals surface area (Å²) in [6.45, 7) is 1.86. The number of carboxylic acids is 2. The summed E-state index contributed by atoms with van der Waals surface area (Å²) in [7, 11) is 0. The van der Waals surface area contributed by atoms with Crippen LogP contribution in [0.2, 0.25) is 0 Å². The number of benzene rings is 2. The zero-order chi connectivity index (χ0) is 27.4. The number of hydrogen-bond donors (Lipinski definition) is 3. The van der Waals surface area contributed by atoms with E-state index in [-0.39, 0.29) is 33.1 Å². The molecule has 12 heteroatoms. The molecule has 2 aromatic carbocycles. The minimum Gasteiger partial charge on any atom is -0.494 e. The van der Waals surface area contributed by atoms with Crippen molar-refractivity contribution in [3.63, 3.8) is 0 Å².